The van der Waals surface area contributed by atoms with E-state index in [-0.39, 0.29) is 18.5 Å². The topological polar surface area (TPSA) is 66.6 Å². The summed E-state index contributed by atoms with van der Waals surface area (Å²) in [6, 6.07) is -0.180. The summed E-state index contributed by atoms with van der Waals surface area (Å²) in [6.07, 6.45) is 0.747. The van der Waals surface area contributed by atoms with Crippen LogP contribution in [0.15, 0.2) is 0 Å². The van der Waals surface area contributed by atoms with E-state index < -0.39 is 0 Å². The van der Waals surface area contributed by atoms with Gasteiger partial charge in [-0.05, 0) is 19.9 Å². The number of urea groups is 1. The second-order valence-electron chi connectivity index (χ2n) is 2.98. The maximum Gasteiger partial charge on any atom is 0.327 e. The van der Waals surface area contributed by atoms with E-state index >= 15 is 0 Å². The Bertz CT molecular complexity index is 217. The Morgan fingerprint density at radius 2 is 2.15 bits per heavy atom. The van der Waals surface area contributed by atoms with Crippen molar-refractivity contribution < 1.29 is 9.59 Å². The van der Waals surface area contributed by atoms with Gasteiger partial charge in [0.2, 0.25) is 5.91 Å². The monoisotopic (exact) mass is 185 g/mol. The van der Waals surface area contributed by atoms with Crippen LogP contribution in [0.3, 0.4) is 0 Å². The summed E-state index contributed by atoms with van der Waals surface area (Å²) in [6.45, 7) is 3.59. The van der Waals surface area contributed by atoms with Gasteiger partial charge >= 0.3 is 6.03 Å². The van der Waals surface area contributed by atoms with E-state index in [1.165, 1.54) is 4.90 Å². The standard InChI is InChI=1S/C8H15N3O2/c1-2-11-7(12)6-10(8(11)13)5-3-4-9/h2-6,9H2,1H3. The van der Waals surface area contributed by atoms with E-state index in [4.69, 9.17) is 5.73 Å². The minimum Gasteiger partial charge on any atom is -0.330 e. The van der Waals surface area contributed by atoms with Gasteiger partial charge < -0.3 is 10.6 Å². The van der Waals surface area contributed by atoms with Crippen molar-refractivity contribution in [3.63, 3.8) is 0 Å². The minimum absolute atomic E-state index is 0.107. The Morgan fingerprint density at radius 3 is 2.62 bits per heavy atom. The lowest BCUT2D eigenvalue weighted by molar-refractivity contribution is -0.125. The third-order valence-electron chi connectivity index (χ3n) is 2.08. The number of nitrogens with two attached hydrogens (primary N) is 1. The van der Waals surface area contributed by atoms with Gasteiger partial charge in [0.1, 0.15) is 6.54 Å². The molecule has 5 nitrogen and oxygen atoms in total. The molecule has 0 spiro atoms. The Hall–Kier alpha value is -1.10. The van der Waals surface area contributed by atoms with E-state index in [0.717, 1.165) is 6.42 Å². The first-order chi connectivity index (χ1) is 6.20. The quantitative estimate of drug-likeness (QED) is 0.607. The Kier molecular flexibility index (Phi) is 3.25. The van der Waals surface area contributed by atoms with Crippen LogP contribution in [0, 0.1) is 0 Å². The highest BCUT2D eigenvalue weighted by molar-refractivity contribution is 6.01. The molecule has 1 saturated heterocycles. The van der Waals surface area contributed by atoms with Crippen molar-refractivity contribution in [2.45, 2.75) is 13.3 Å². The Labute approximate surface area is 77.5 Å². The van der Waals surface area contributed by atoms with Crippen LogP contribution in [0.5, 0.6) is 0 Å². The fourth-order valence-electron chi connectivity index (χ4n) is 1.36. The van der Waals surface area contributed by atoms with Crippen molar-refractivity contribution in [2.24, 2.45) is 5.73 Å². The minimum atomic E-state index is -0.180. The summed E-state index contributed by atoms with van der Waals surface area (Å²) in [4.78, 5) is 25.5. The zero-order valence-corrected chi connectivity index (χ0v) is 7.82. The highest BCUT2D eigenvalue weighted by Gasteiger charge is 2.33. The van der Waals surface area contributed by atoms with Gasteiger partial charge in [0.25, 0.3) is 0 Å². The van der Waals surface area contributed by atoms with Crippen molar-refractivity contribution in [2.75, 3.05) is 26.2 Å². The molecule has 0 bridgehead atoms. The Balaban J connectivity index is 2.52. The molecule has 13 heavy (non-hydrogen) atoms. The second kappa shape index (κ2) is 4.23. The van der Waals surface area contributed by atoms with Crippen LogP contribution >= 0.6 is 0 Å². The molecular formula is C8H15N3O2. The lowest BCUT2D eigenvalue weighted by Crippen LogP contribution is -2.33. The third kappa shape index (κ3) is 1.98. The fraction of sp³-hybridized carbons (Fsp3) is 0.750. The van der Waals surface area contributed by atoms with Crippen LogP contribution in [0.4, 0.5) is 4.79 Å². The predicted molar refractivity (Wildman–Crippen MR) is 48.0 cm³/mol. The molecule has 74 valence electrons. The number of carbonyl (C=O) groups excluding carboxylic acids is 2. The van der Waals surface area contributed by atoms with E-state index in [2.05, 4.69) is 0 Å². The predicted octanol–water partition coefficient (Wildman–Crippen LogP) is -0.381. The van der Waals surface area contributed by atoms with E-state index in [9.17, 15) is 9.59 Å². The van der Waals surface area contributed by atoms with Gasteiger partial charge in [-0.1, -0.05) is 0 Å². The molecule has 0 radical (unpaired) electrons. The number of imide groups is 1. The Morgan fingerprint density at radius 1 is 1.46 bits per heavy atom. The number of likely N-dealkylation sites (N-methyl/N-ethyl adjacent to an activating group) is 1. The maximum absolute atomic E-state index is 11.4. The highest BCUT2D eigenvalue weighted by atomic mass is 16.2. The molecule has 1 aliphatic rings. The lowest BCUT2D eigenvalue weighted by atomic mass is 10.4. The van der Waals surface area contributed by atoms with Crippen molar-refractivity contribution in [3.8, 4) is 0 Å². The van der Waals surface area contributed by atoms with Crippen molar-refractivity contribution >= 4 is 11.9 Å². The average Bonchev–Trinajstić information content (AvgIpc) is 2.38. The van der Waals surface area contributed by atoms with Gasteiger partial charge in [-0.3, -0.25) is 9.69 Å². The number of hydrogen-bond acceptors (Lipinski definition) is 3. The van der Waals surface area contributed by atoms with Gasteiger partial charge in [0.05, 0.1) is 0 Å². The van der Waals surface area contributed by atoms with Crippen molar-refractivity contribution in [3.05, 3.63) is 0 Å². The molecule has 0 atom stereocenters. The molecule has 1 heterocycles. The van der Waals surface area contributed by atoms with Crippen LogP contribution in [0.1, 0.15) is 13.3 Å². The van der Waals surface area contributed by atoms with Crippen LogP contribution in [0.25, 0.3) is 0 Å². The van der Waals surface area contributed by atoms with Gasteiger partial charge in [-0.25, -0.2) is 4.79 Å². The molecule has 0 aromatic heterocycles. The number of amides is 3. The zero-order valence-electron chi connectivity index (χ0n) is 7.82. The number of hydrogen-bond donors (Lipinski definition) is 1. The van der Waals surface area contributed by atoms with Crippen LogP contribution in [-0.4, -0.2) is 47.9 Å². The summed E-state index contributed by atoms with van der Waals surface area (Å²) >= 11 is 0. The van der Waals surface area contributed by atoms with Gasteiger partial charge in [0.15, 0.2) is 0 Å². The molecule has 0 unspecified atom stereocenters. The first-order valence-electron chi connectivity index (χ1n) is 4.50. The van der Waals surface area contributed by atoms with Gasteiger partial charge in [-0.15, -0.1) is 0 Å². The summed E-state index contributed by atoms with van der Waals surface area (Å²) < 4.78 is 0. The molecule has 2 N–H and O–H groups in total. The molecule has 0 aromatic rings. The van der Waals surface area contributed by atoms with E-state index in [1.54, 1.807) is 11.8 Å². The summed E-state index contributed by atoms with van der Waals surface area (Å²) in [7, 11) is 0. The normalized spacial score (nSPS) is 17.4. The summed E-state index contributed by atoms with van der Waals surface area (Å²) in [5.41, 5.74) is 5.32. The molecule has 5 heteroatoms. The number of rotatable bonds is 4. The zero-order chi connectivity index (χ0) is 9.84. The molecule has 3 amide bonds. The van der Waals surface area contributed by atoms with Crippen molar-refractivity contribution in [1.82, 2.24) is 9.80 Å². The van der Waals surface area contributed by atoms with Crippen LogP contribution in [-0.2, 0) is 4.79 Å². The molecular weight excluding hydrogens is 170 g/mol. The lowest BCUT2D eigenvalue weighted by Gasteiger charge is -2.14. The third-order valence-corrected chi connectivity index (χ3v) is 2.08. The first-order valence-corrected chi connectivity index (χ1v) is 4.50. The van der Waals surface area contributed by atoms with E-state index in [0.29, 0.717) is 19.6 Å². The largest absolute Gasteiger partial charge is 0.330 e. The molecule has 1 aliphatic heterocycles. The maximum atomic E-state index is 11.4. The molecule has 0 aromatic carbocycles. The molecule has 0 aliphatic carbocycles. The fourth-order valence-corrected chi connectivity index (χ4v) is 1.36. The van der Waals surface area contributed by atoms with Crippen LogP contribution in [0.2, 0.25) is 0 Å². The van der Waals surface area contributed by atoms with Gasteiger partial charge in [0, 0.05) is 13.1 Å². The highest BCUT2D eigenvalue weighted by Crippen LogP contribution is 2.09. The summed E-state index contributed by atoms with van der Waals surface area (Å²) in [5, 5.41) is 0. The average molecular weight is 185 g/mol. The second-order valence-corrected chi connectivity index (χ2v) is 2.98. The smallest absolute Gasteiger partial charge is 0.327 e. The SMILES string of the molecule is CCN1C(=O)CN(CCCN)C1=O. The molecule has 1 rings (SSSR count). The van der Waals surface area contributed by atoms with Crippen molar-refractivity contribution in [1.29, 1.82) is 0 Å². The molecule has 1 fully saturated rings. The summed E-state index contributed by atoms with van der Waals surface area (Å²) in [5.74, 6) is -0.107. The van der Waals surface area contributed by atoms with Gasteiger partial charge in [-0.2, -0.15) is 0 Å². The first kappa shape index (κ1) is 9.98. The molecule has 0 saturated carbocycles. The number of carbonyl (C=O) groups is 2. The van der Waals surface area contributed by atoms with Crippen LogP contribution < -0.4 is 5.73 Å². The number of nitrogens with zero attached hydrogens (tertiary/aromatic N) is 2. The van der Waals surface area contributed by atoms with E-state index in [1.807, 2.05) is 0 Å².